The summed E-state index contributed by atoms with van der Waals surface area (Å²) in [6, 6.07) is 10.9. The Morgan fingerprint density at radius 2 is 2.00 bits per heavy atom. The molecular weight excluding hydrogens is 366 g/mol. The standard InChI is InChI=1S/C19H16ClN5O2/c1-11-6-7-13(20)8-15(11)22-16(26)9-25-19(27)24-10-21-17-12(2)4-3-5-14(17)18(24)23-25/h3-8,10H,9H2,1-2H3,(H,22,26). The molecule has 136 valence electrons. The van der Waals surface area contributed by atoms with E-state index in [0.29, 0.717) is 16.4 Å². The molecule has 0 saturated heterocycles. The third-order valence-corrected chi connectivity index (χ3v) is 4.65. The van der Waals surface area contributed by atoms with E-state index < -0.39 is 5.69 Å². The van der Waals surface area contributed by atoms with Gasteiger partial charge in [0.25, 0.3) is 0 Å². The highest BCUT2D eigenvalue weighted by molar-refractivity contribution is 6.31. The van der Waals surface area contributed by atoms with Crippen LogP contribution in [0.2, 0.25) is 5.02 Å². The van der Waals surface area contributed by atoms with E-state index in [0.717, 1.165) is 26.7 Å². The van der Waals surface area contributed by atoms with Gasteiger partial charge in [-0.25, -0.2) is 18.9 Å². The smallest absolute Gasteiger partial charge is 0.324 e. The molecule has 1 amide bonds. The van der Waals surface area contributed by atoms with Gasteiger partial charge in [-0.3, -0.25) is 4.79 Å². The molecule has 2 aromatic heterocycles. The molecule has 0 atom stereocenters. The number of fused-ring (bicyclic) bond motifs is 3. The quantitative estimate of drug-likeness (QED) is 0.591. The summed E-state index contributed by atoms with van der Waals surface area (Å²) in [5.74, 6) is -0.362. The summed E-state index contributed by atoms with van der Waals surface area (Å²) in [6.07, 6.45) is 1.44. The van der Waals surface area contributed by atoms with Crippen LogP contribution in [0.15, 0.2) is 47.5 Å². The molecule has 1 N–H and O–H groups in total. The van der Waals surface area contributed by atoms with Crippen molar-refractivity contribution in [3.05, 3.63) is 69.4 Å². The first-order chi connectivity index (χ1) is 12.9. The number of aryl methyl sites for hydroxylation is 2. The third-order valence-electron chi connectivity index (χ3n) is 4.42. The summed E-state index contributed by atoms with van der Waals surface area (Å²) < 4.78 is 2.48. The number of halogens is 1. The Hall–Kier alpha value is -3.19. The van der Waals surface area contributed by atoms with Gasteiger partial charge in [0.1, 0.15) is 12.9 Å². The Morgan fingerprint density at radius 3 is 2.81 bits per heavy atom. The molecule has 4 rings (SSSR count). The third kappa shape index (κ3) is 3.06. The van der Waals surface area contributed by atoms with Gasteiger partial charge in [0, 0.05) is 16.1 Å². The highest BCUT2D eigenvalue weighted by Crippen LogP contribution is 2.20. The molecule has 0 unspecified atom stereocenters. The van der Waals surface area contributed by atoms with E-state index in [1.165, 1.54) is 10.7 Å². The topological polar surface area (TPSA) is 81.3 Å². The van der Waals surface area contributed by atoms with Crippen molar-refractivity contribution in [3.63, 3.8) is 0 Å². The highest BCUT2D eigenvalue weighted by atomic mass is 35.5. The fourth-order valence-corrected chi connectivity index (χ4v) is 3.16. The molecule has 0 aliphatic carbocycles. The van der Waals surface area contributed by atoms with Gasteiger partial charge in [0.2, 0.25) is 5.91 Å². The van der Waals surface area contributed by atoms with Crippen molar-refractivity contribution in [1.29, 1.82) is 0 Å². The number of nitrogens with one attached hydrogen (secondary N) is 1. The van der Waals surface area contributed by atoms with Gasteiger partial charge in [-0.2, -0.15) is 0 Å². The molecule has 0 fully saturated rings. The molecule has 2 aromatic carbocycles. The van der Waals surface area contributed by atoms with Crippen LogP contribution < -0.4 is 11.0 Å². The summed E-state index contributed by atoms with van der Waals surface area (Å²) in [5, 5.41) is 8.40. The maximum Gasteiger partial charge on any atom is 0.352 e. The van der Waals surface area contributed by atoms with Gasteiger partial charge in [0.15, 0.2) is 5.65 Å². The van der Waals surface area contributed by atoms with E-state index in [9.17, 15) is 9.59 Å². The molecule has 8 heteroatoms. The van der Waals surface area contributed by atoms with Crippen LogP contribution in [0.4, 0.5) is 5.69 Å². The van der Waals surface area contributed by atoms with Crippen LogP contribution in [0.5, 0.6) is 0 Å². The largest absolute Gasteiger partial charge is 0.352 e. The SMILES string of the molecule is Cc1ccc(Cl)cc1NC(=O)Cn1nc2c3cccc(C)c3ncn2c1=O. The summed E-state index contributed by atoms with van der Waals surface area (Å²) >= 11 is 5.98. The molecule has 0 saturated carbocycles. The zero-order chi connectivity index (χ0) is 19.1. The van der Waals surface area contributed by atoms with Gasteiger partial charge >= 0.3 is 5.69 Å². The van der Waals surface area contributed by atoms with Crippen molar-refractivity contribution in [1.82, 2.24) is 19.2 Å². The van der Waals surface area contributed by atoms with Crippen LogP contribution in [0.3, 0.4) is 0 Å². The molecule has 27 heavy (non-hydrogen) atoms. The van der Waals surface area contributed by atoms with Gasteiger partial charge < -0.3 is 5.32 Å². The normalized spacial score (nSPS) is 11.2. The number of anilines is 1. The molecule has 0 bridgehead atoms. The Morgan fingerprint density at radius 1 is 1.19 bits per heavy atom. The number of benzene rings is 2. The predicted molar refractivity (Wildman–Crippen MR) is 104 cm³/mol. The molecule has 7 nitrogen and oxygen atoms in total. The molecule has 0 radical (unpaired) electrons. The molecular formula is C19H16ClN5O2. The highest BCUT2D eigenvalue weighted by Gasteiger charge is 2.14. The second-order valence-corrected chi connectivity index (χ2v) is 6.79. The Kier molecular flexibility index (Phi) is 4.16. The van der Waals surface area contributed by atoms with Crippen molar-refractivity contribution < 1.29 is 4.79 Å². The molecule has 0 aliphatic heterocycles. The van der Waals surface area contributed by atoms with E-state index in [1.807, 2.05) is 38.1 Å². The number of hydrogen-bond acceptors (Lipinski definition) is 4. The van der Waals surface area contributed by atoms with Crippen LogP contribution >= 0.6 is 11.6 Å². The lowest BCUT2D eigenvalue weighted by atomic mass is 10.1. The molecule has 0 aliphatic rings. The second kappa shape index (κ2) is 6.51. The summed E-state index contributed by atoms with van der Waals surface area (Å²) in [6.45, 7) is 3.60. The van der Waals surface area contributed by atoms with Crippen LogP contribution in [-0.2, 0) is 11.3 Å². The maximum atomic E-state index is 12.6. The lowest BCUT2D eigenvalue weighted by Gasteiger charge is -2.08. The molecule has 4 aromatic rings. The van der Waals surface area contributed by atoms with Crippen LogP contribution in [-0.4, -0.2) is 25.1 Å². The lowest BCUT2D eigenvalue weighted by molar-refractivity contribution is -0.117. The van der Waals surface area contributed by atoms with Crippen molar-refractivity contribution in [3.8, 4) is 0 Å². The maximum absolute atomic E-state index is 12.6. The lowest BCUT2D eigenvalue weighted by Crippen LogP contribution is -2.28. The minimum Gasteiger partial charge on any atom is -0.324 e. The van der Waals surface area contributed by atoms with Gasteiger partial charge in [-0.05, 0) is 43.2 Å². The van der Waals surface area contributed by atoms with E-state index >= 15 is 0 Å². The van der Waals surface area contributed by atoms with E-state index in [2.05, 4.69) is 15.4 Å². The van der Waals surface area contributed by atoms with Crippen LogP contribution in [0, 0.1) is 13.8 Å². The molecule has 0 spiro atoms. The number of hydrogen-bond donors (Lipinski definition) is 1. The minimum absolute atomic E-state index is 0.209. The van der Waals surface area contributed by atoms with Crippen molar-refractivity contribution in [2.24, 2.45) is 0 Å². The second-order valence-electron chi connectivity index (χ2n) is 6.36. The Balaban J connectivity index is 1.70. The zero-order valence-electron chi connectivity index (χ0n) is 14.7. The van der Waals surface area contributed by atoms with Crippen LogP contribution in [0.1, 0.15) is 11.1 Å². The fourth-order valence-electron chi connectivity index (χ4n) is 2.99. The predicted octanol–water partition coefficient (Wildman–Crippen LogP) is 2.95. The number of nitrogens with zero attached hydrogens (tertiary/aromatic N) is 4. The van der Waals surface area contributed by atoms with Gasteiger partial charge in [-0.1, -0.05) is 29.8 Å². The summed E-state index contributed by atoms with van der Waals surface area (Å²) in [4.78, 5) is 29.3. The summed E-state index contributed by atoms with van der Waals surface area (Å²) in [5.41, 5.74) is 3.31. The summed E-state index contributed by atoms with van der Waals surface area (Å²) in [7, 11) is 0. The van der Waals surface area contributed by atoms with Gasteiger partial charge in [-0.15, -0.1) is 5.10 Å². The van der Waals surface area contributed by atoms with E-state index in [4.69, 9.17) is 11.6 Å². The average Bonchev–Trinajstić information content (AvgIpc) is 2.95. The Labute approximate surface area is 159 Å². The van der Waals surface area contributed by atoms with Crippen molar-refractivity contribution in [2.45, 2.75) is 20.4 Å². The first-order valence-electron chi connectivity index (χ1n) is 8.33. The minimum atomic E-state index is -0.418. The van der Waals surface area contributed by atoms with Gasteiger partial charge in [0.05, 0.1) is 5.52 Å². The average molecular weight is 382 g/mol. The number of aromatic nitrogens is 4. The fraction of sp³-hybridized carbons (Fsp3) is 0.158. The number of amides is 1. The number of rotatable bonds is 3. The monoisotopic (exact) mass is 381 g/mol. The Bertz CT molecular complexity index is 1260. The number of para-hydroxylation sites is 1. The van der Waals surface area contributed by atoms with E-state index in [1.54, 1.807) is 12.1 Å². The van der Waals surface area contributed by atoms with E-state index in [-0.39, 0.29) is 12.5 Å². The van der Waals surface area contributed by atoms with Crippen LogP contribution in [0.25, 0.3) is 16.6 Å². The number of carbonyl (C=O) groups excluding carboxylic acids is 1. The number of carbonyl (C=O) groups is 1. The van der Waals surface area contributed by atoms with Crippen molar-refractivity contribution in [2.75, 3.05) is 5.32 Å². The first-order valence-corrected chi connectivity index (χ1v) is 8.71. The molecule has 2 heterocycles. The zero-order valence-corrected chi connectivity index (χ0v) is 15.5. The van der Waals surface area contributed by atoms with Crippen molar-refractivity contribution >= 4 is 39.7 Å². The first kappa shape index (κ1) is 17.2.